The number of carbonyl (C=O) groups excluding carboxylic acids is 1. The summed E-state index contributed by atoms with van der Waals surface area (Å²) in [6.07, 6.45) is 0.922. The average molecular weight is 210 g/mol. The highest BCUT2D eigenvalue weighted by atomic mass is 16.5. The molecule has 6 nitrogen and oxygen atoms in total. The molecule has 0 aliphatic carbocycles. The van der Waals surface area contributed by atoms with E-state index in [1.165, 1.54) is 0 Å². The lowest BCUT2D eigenvalue weighted by molar-refractivity contribution is 0.161. The fourth-order valence-corrected chi connectivity index (χ4v) is 1.02. The normalized spacial score (nSPS) is 9.40. The summed E-state index contributed by atoms with van der Waals surface area (Å²) in [7, 11) is 1.79. The first-order chi connectivity index (χ1) is 7.22. The number of hydrogen-bond acceptors (Lipinski definition) is 5. The molecule has 82 valence electrons. The Morgan fingerprint density at radius 3 is 3.13 bits per heavy atom. The van der Waals surface area contributed by atoms with Crippen molar-refractivity contribution in [2.24, 2.45) is 5.73 Å². The monoisotopic (exact) mass is 210 g/mol. The SMILES string of the molecule is CNc1cc(NCCOC(N)=O)ccn1. The van der Waals surface area contributed by atoms with Gasteiger partial charge in [-0.1, -0.05) is 0 Å². The maximum atomic E-state index is 10.3. The fourth-order valence-electron chi connectivity index (χ4n) is 1.02. The van der Waals surface area contributed by atoms with Gasteiger partial charge in [-0.05, 0) is 6.07 Å². The molecule has 1 aromatic heterocycles. The zero-order chi connectivity index (χ0) is 11.1. The summed E-state index contributed by atoms with van der Waals surface area (Å²) in [4.78, 5) is 14.3. The van der Waals surface area contributed by atoms with Crippen LogP contribution in [-0.2, 0) is 4.74 Å². The van der Waals surface area contributed by atoms with E-state index in [1.54, 1.807) is 13.2 Å². The van der Waals surface area contributed by atoms with Gasteiger partial charge in [-0.25, -0.2) is 9.78 Å². The van der Waals surface area contributed by atoms with E-state index < -0.39 is 6.09 Å². The first-order valence-corrected chi connectivity index (χ1v) is 4.52. The van der Waals surface area contributed by atoms with Gasteiger partial charge in [-0.3, -0.25) is 0 Å². The van der Waals surface area contributed by atoms with Crippen molar-refractivity contribution in [3.8, 4) is 0 Å². The largest absolute Gasteiger partial charge is 0.448 e. The Hall–Kier alpha value is -1.98. The van der Waals surface area contributed by atoms with Gasteiger partial charge in [0.2, 0.25) is 0 Å². The Morgan fingerprint density at radius 1 is 1.67 bits per heavy atom. The van der Waals surface area contributed by atoms with Crippen LogP contribution in [0.2, 0.25) is 0 Å². The van der Waals surface area contributed by atoms with Gasteiger partial charge in [0.05, 0.1) is 0 Å². The van der Waals surface area contributed by atoms with Crippen LogP contribution in [-0.4, -0.2) is 31.3 Å². The number of anilines is 2. The maximum absolute atomic E-state index is 10.3. The van der Waals surface area contributed by atoms with Crippen molar-refractivity contribution in [2.45, 2.75) is 0 Å². The second-order valence-electron chi connectivity index (χ2n) is 2.77. The van der Waals surface area contributed by atoms with E-state index in [9.17, 15) is 4.79 Å². The predicted octanol–water partition coefficient (Wildman–Crippen LogP) is 0.630. The number of aromatic nitrogens is 1. The van der Waals surface area contributed by atoms with Crippen LogP contribution in [0.4, 0.5) is 16.3 Å². The number of amides is 1. The Labute approximate surface area is 87.8 Å². The number of nitrogens with one attached hydrogen (secondary N) is 2. The summed E-state index contributed by atoms with van der Waals surface area (Å²) in [5.41, 5.74) is 5.71. The summed E-state index contributed by atoms with van der Waals surface area (Å²) >= 11 is 0. The minimum absolute atomic E-state index is 0.243. The Bertz CT molecular complexity index is 330. The first-order valence-electron chi connectivity index (χ1n) is 4.52. The van der Waals surface area contributed by atoms with Gasteiger partial charge in [0, 0.05) is 31.5 Å². The van der Waals surface area contributed by atoms with Crippen molar-refractivity contribution in [3.63, 3.8) is 0 Å². The zero-order valence-corrected chi connectivity index (χ0v) is 8.49. The third-order valence-corrected chi connectivity index (χ3v) is 1.69. The van der Waals surface area contributed by atoms with E-state index in [0.717, 1.165) is 11.5 Å². The molecule has 0 unspecified atom stereocenters. The molecule has 0 fully saturated rings. The highest BCUT2D eigenvalue weighted by Gasteiger charge is 1.96. The molecule has 0 aliphatic rings. The lowest BCUT2D eigenvalue weighted by atomic mass is 10.4. The van der Waals surface area contributed by atoms with Crippen molar-refractivity contribution < 1.29 is 9.53 Å². The van der Waals surface area contributed by atoms with Gasteiger partial charge < -0.3 is 21.1 Å². The molecule has 1 aromatic rings. The molecule has 0 saturated heterocycles. The topological polar surface area (TPSA) is 89.3 Å². The lowest BCUT2D eigenvalue weighted by Gasteiger charge is -2.07. The Morgan fingerprint density at radius 2 is 2.47 bits per heavy atom. The van der Waals surface area contributed by atoms with Gasteiger partial charge >= 0.3 is 6.09 Å². The molecule has 0 aromatic carbocycles. The van der Waals surface area contributed by atoms with Crippen molar-refractivity contribution in [1.82, 2.24) is 4.98 Å². The van der Waals surface area contributed by atoms with Crippen LogP contribution < -0.4 is 16.4 Å². The third kappa shape index (κ3) is 4.17. The second-order valence-corrected chi connectivity index (χ2v) is 2.77. The van der Waals surface area contributed by atoms with Crippen LogP contribution in [0.5, 0.6) is 0 Å². The second kappa shape index (κ2) is 5.69. The minimum Gasteiger partial charge on any atom is -0.448 e. The highest BCUT2D eigenvalue weighted by molar-refractivity contribution is 5.64. The number of pyridine rings is 1. The van der Waals surface area contributed by atoms with Crippen LogP contribution >= 0.6 is 0 Å². The quantitative estimate of drug-likeness (QED) is 0.620. The number of rotatable bonds is 5. The van der Waals surface area contributed by atoms with E-state index in [-0.39, 0.29) is 6.61 Å². The molecular formula is C9H14N4O2. The minimum atomic E-state index is -0.762. The number of nitrogens with two attached hydrogens (primary N) is 1. The van der Waals surface area contributed by atoms with E-state index >= 15 is 0 Å². The summed E-state index contributed by atoms with van der Waals surface area (Å²) < 4.78 is 4.57. The number of ether oxygens (including phenoxy) is 1. The molecule has 0 spiro atoms. The van der Waals surface area contributed by atoms with Gasteiger partial charge in [-0.15, -0.1) is 0 Å². The van der Waals surface area contributed by atoms with E-state index in [0.29, 0.717) is 6.54 Å². The highest BCUT2D eigenvalue weighted by Crippen LogP contribution is 2.10. The number of carbonyl (C=O) groups is 1. The molecular weight excluding hydrogens is 196 g/mol. The molecule has 0 saturated carbocycles. The molecule has 0 bridgehead atoms. The smallest absolute Gasteiger partial charge is 0.404 e. The van der Waals surface area contributed by atoms with Crippen LogP contribution in [0, 0.1) is 0 Å². The average Bonchev–Trinajstić information content (AvgIpc) is 2.24. The van der Waals surface area contributed by atoms with E-state index in [2.05, 4.69) is 20.4 Å². The van der Waals surface area contributed by atoms with Gasteiger partial charge in [0.25, 0.3) is 0 Å². The predicted molar refractivity (Wildman–Crippen MR) is 57.8 cm³/mol. The molecule has 0 radical (unpaired) electrons. The van der Waals surface area contributed by atoms with E-state index in [4.69, 9.17) is 5.73 Å². The molecule has 15 heavy (non-hydrogen) atoms. The first kappa shape index (κ1) is 11.1. The van der Waals surface area contributed by atoms with Crippen LogP contribution in [0.15, 0.2) is 18.3 Å². The molecule has 6 heteroatoms. The molecule has 0 aliphatic heterocycles. The third-order valence-electron chi connectivity index (χ3n) is 1.69. The van der Waals surface area contributed by atoms with Gasteiger partial charge in [0.1, 0.15) is 12.4 Å². The summed E-state index contributed by atoms with van der Waals surface area (Å²) in [5.74, 6) is 0.774. The fraction of sp³-hybridized carbons (Fsp3) is 0.333. The van der Waals surface area contributed by atoms with Crippen LogP contribution in [0.1, 0.15) is 0 Å². The number of hydrogen-bond donors (Lipinski definition) is 3. The Balaban J connectivity index is 2.33. The lowest BCUT2D eigenvalue weighted by Crippen LogP contribution is -2.18. The Kier molecular flexibility index (Phi) is 4.21. The summed E-state index contributed by atoms with van der Waals surface area (Å²) in [5, 5.41) is 5.98. The van der Waals surface area contributed by atoms with Crippen molar-refractivity contribution in [2.75, 3.05) is 30.8 Å². The number of primary amides is 1. The van der Waals surface area contributed by atoms with Crippen molar-refractivity contribution in [3.05, 3.63) is 18.3 Å². The standard InChI is InChI=1S/C9H14N4O2/c1-11-8-6-7(2-3-13-8)12-4-5-15-9(10)14/h2-3,6H,4-5H2,1H3,(H2,10,14)(H2,11,12,13). The molecule has 1 heterocycles. The molecule has 1 amide bonds. The van der Waals surface area contributed by atoms with Crippen molar-refractivity contribution in [1.29, 1.82) is 0 Å². The van der Waals surface area contributed by atoms with Crippen LogP contribution in [0.3, 0.4) is 0 Å². The van der Waals surface area contributed by atoms with Crippen molar-refractivity contribution >= 4 is 17.6 Å². The van der Waals surface area contributed by atoms with Gasteiger partial charge in [-0.2, -0.15) is 0 Å². The maximum Gasteiger partial charge on any atom is 0.404 e. The number of nitrogens with zero attached hydrogens (tertiary/aromatic N) is 1. The van der Waals surface area contributed by atoms with E-state index in [1.807, 2.05) is 12.1 Å². The summed E-state index contributed by atoms with van der Waals surface area (Å²) in [6.45, 7) is 0.753. The van der Waals surface area contributed by atoms with Gasteiger partial charge in [0.15, 0.2) is 0 Å². The summed E-state index contributed by atoms with van der Waals surface area (Å²) in [6, 6.07) is 3.68. The zero-order valence-electron chi connectivity index (χ0n) is 8.49. The van der Waals surface area contributed by atoms with Crippen LogP contribution in [0.25, 0.3) is 0 Å². The molecule has 0 atom stereocenters. The molecule has 1 rings (SSSR count). The molecule has 4 N–H and O–H groups in total.